The number of carbonyl (C=O) groups is 1. The monoisotopic (exact) mass is 319 g/mol. The highest BCUT2D eigenvalue weighted by atomic mass is 127. The van der Waals surface area contributed by atoms with Crippen molar-refractivity contribution < 1.29 is 4.79 Å². The van der Waals surface area contributed by atoms with E-state index in [0.717, 1.165) is 3.57 Å². The second kappa shape index (κ2) is 4.76. The largest absolute Gasteiger partial charge is 0.298 e. The molecule has 0 heterocycles. The van der Waals surface area contributed by atoms with Crippen molar-refractivity contribution in [3.63, 3.8) is 0 Å². The van der Waals surface area contributed by atoms with Crippen LogP contribution < -0.4 is 0 Å². The fourth-order valence-electron chi connectivity index (χ4n) is 1.02. The lowest BCUT2D eigenvalue weighted by atomic mass is 10.1. The molecule has 2 nitrogen and oxygen atoms in total. The summed E-state index contributed by atoms with van der Waals surface area (Å²) in [5, 5.41) is 8.13. The predicted octanol–water partition coefficient (Wildman–Crippen LogP) is 3.03. The zero-order chi connectivity index (χ0) is 10.7. The Labute approximate surface area is 101 Å². The van der Waals surface area contributed by atoms with Gasteiger partial charge in [0.2, 0.25) is 0 Å². The maximum absolute atomic E-state index is 11.0. The van der Waals surface area contributed by atoms with E-state index in [2.05, 4.69) is 28.7 Å². The van der Waals surface area contributed by atoms with Crippen LogP contribution in [-0.2, 0) is 4.79 Å². The minimum absolute atomic E-state index is 0.114. The molecule has 0 saturated heterocycles. The molecule has 0 spiro atoms. The van der Waals surface area contributed by atoms with Gasteiger partial charge < -0.3 is 0 Å². The number of benzene rings is 1. The molecule has 0 aliphatic rings. The third-order valence-electron chi connectivity index (χ3n) is 1.76. The highest BCUT2D eigenvalue weighted by Crippen LogP contribution is 2.24. The fourth-order valence-corrected chi connectivity index (χ4v) is 1.61. The van der Waals surface area contributed by atoms with Gasteiger partial charge in [-0.25, -0.2) is 0 Å². The zero-order valence-electron chi connectivity index (χ0n) is 7.42. The second-order valence-electron chi connectivity index (χ2n) is 2.82. The van der Waals surface area contributed by atoms with Crippen LogP contribution in [-0.4, -0.2) is 5.78 Å². The van der Waals surface area contributed by atoms with E-state index in [9.17, 15) is 4.79 Å². The number of rotatable bonds is 2. The molecular formula is C10H7ClINO. The third kappa shape index (κ3) is 2.46. The molecule has 0 fully saturated rings. The van der Waals surface area contributed by atoms with E-state index in [0.29, 0.717) is 11.1 Å². The van der Waals surface area contributed by atoms with E-state index in [1.165, 1.54) is 6.92 Å². The average Bonchev–Trinajstić information content (AvgIpc) is 2.17. The number of alkyl halides is 1. The number of halogens is 2. The van der Waals surface area contributed by atoms with Gasteiger partial charge in [-0.3, -0.25) is 4.79 Å². The second-order valence-corrected chi connectivity index (χ2v) is 4.42. The van der Waals surface area contributed by atoms with Gasteiger partial charge >= 0.3 is 0 Å². The summed E-state index contributed by atoms with van der Waals surface area (Å²) >= 11 is 7.93. The molecule has 0 saturated carbocycles. The summed E-state index contributed by atoms with van der Waals surface area (Å²) in [6.07, 6.45) is 0. The Morgan fingerprint density at radius 3 is 2.79 bits per heavy atom. The topological polar surface area (TPSA) is 40.9 Å². The molecule has 1 atom stereocenters. The van der Waals surface area contributed by atoms with Crippen LogP contribution in [0, 0.1) is 14.9 Å². The van der Waals surface area contributed by atoms with Crippen molar-refractivity contribution >= 4 is 40.0 Å². The van der Waals surface area contributed by atoms with Gasteiger partial charge in [-0.15, -0.1) is 11.6 Å². The molecule has 1 unspecified atom stereocenters. The van der Waals surface area contributed by atoms with Gasteiger partial charge in [0.05, 0.1) is 5.56 Å². The Morgan fingerprint density at radius 2 is 2.29 bits per heavy atom. The molecule has 0 aliphatic heterocycles. The molecular weight excluding hydrogens is 312 g/mol. The smallest absolute Gasteiger partial charge is 0.152 e. The maximum Gasteiger partial charge on any atom is 0.152 e. The van der Waals surface area contributed by atoms with Crippen LogP contribution in [0.2, 0.25) is 0 Å². The van der Waals surface area contributed by atoms with Crippen molar-refractivity contribution in [2.24, 2.45) is 0 Å². The number of hydrogen-bond acceptors (Lipinski definition) is 2. The van der Waals surface area contributed by atoms with Crippen molar-refractivity contribution in [3.8, 4) is 6.07 Å². The summed E-state index contributed by atoms with van der Waals surface area (Å²) in [5.74, 6) is -0.114. The number of ketones is 1. The molecule has 14 heavy (non-hydrogen) atoms. The molecule has 1 rings (SSSR count). The summed E-state index contributed by atoms with van der Waals surface area (Å²) < 4.78 is 0.862. The van der Waals surface area contributed by atoms with E-state index in [4.69, 9.17) is 16.9 Å². The lowest BCUT2D eigenvalue weighted by Crippen LogP contribution is -2.02. The Hall–Kier alpha value is -0.600. The molecule has 4 heteroatoms. The summed E-state index contributed by atoms with van der Waals surface area (Å²) in [7, 11) is 0. The van der Waals surface area contributed by atoms with Crippen LogP contribution in [0.1, 0.15) is 23.4 Å². The minimum Gasteiger partial charge on any atom is -0.298 e. The molecule has 0 aromatic heterocycles. The van der Waals surface area contributed by atoms with Crippen LogP contribution in [0.25, 0.3) is 0 Å². The van der Waals surface area contributed by atoms with E-state index >= 15 is 0 Å². The summed E-state index contributed by atoms with van der Waals surface area (Å²) in [4.78, 5) is 11.0. The Bertz CT molecular complexity index is 411. The highest BCUT2D eigenvalue weighted by Gasteiger charge is 2.14. The van der Waals surface area contributed by atoms with Gasteiger partial charge in [-0.05, 0) is 47.2 Å². The number of nitriles is 1. The lowest BCUT2D eigenvalue weighted by molar-refractivity contribution is -0.116. The first-order chi connectivity index (χ1) is 6.56. The summed E-state index contributed by atoms with van der Waals surface area (Å²) in [6.45, 7) is 1.43. The van der Waals surface area contributed by atoms with Crippen molar-refractivity contribution in [2.45, 2.75) is 12.3 Å². The zero-order valence-corrected chi connectivity index (χ0v) is 10.3. The fraction of sp³-hybridized carbons (Fsp3) is 0.200. The molecule has 0 radical (unpaired) electrons. The molecule has 0 bridgehead atoms. The number of nitrogens with zero attached hydrogens (tertiary/aromatic N) is 1. The first kappa shape index (κ1) is 11.5. The molecule has 72 valence electrons. The van der Waals surface area contributed by atoms with Crippen LogP contribution in [0.5, 0.6) is 0 Å². The van der Waals surface area contributed by atoms with Gasteiger partial charge in [0.15, 0.2) is 5.78 Å². The molecule has 1 aromatic rings. The summed E-state index contributed by atoms with van der Waals surface area (Å²) in [6, 6.07) is 7.26. The summed E-state index contributed by atoms with van der Waals surface area (Å²) in [5.41, 5.74) is 1.23. The molecule has 0 aliphatic carbocycles. The normalized spacial score (nSPS) is 11.9. The van der Waals surface area contributed by atoms with E-state index in [1.807, 2.05) is 0 Å². The van der Waals surface area contributed by atoms with Gasteiger partial charge in [0.1, 0.15) is 11.4 Å². The number of Topliss-reactive ketones (excluding diaryl/α,β-unsaturated/α-hetero) is 1. The van der Waals surface area contributed by atoms with Crippen LogP contribution in [0.3, 0.4) is 0 Å². The Balaban J connectivity index is 3.14. The van der Waals surface area contributed by atoms with Crippen molar-refractivity contribution in [1.29, 1.82) is 5.26 Å². The van der Waals surface area contributed by atoms with Crippen molar-refractivity contribution in [2.75, 3.05) is 0 Å². The van der Waals surface area contributed by atoms with Crippen LogP contribution >= 0.6 is 34.2 Å². The molecule has 0 amide bonds. The van der Waals surface area contributed by atoms with Crippen LogP contribution in [0.4, 0.5) is 0 Å². The Morgan fingerprint density at radius 1 is 1.64 bits per heavy atom. The third-order valence-corrected chi connectivity index (χ3v) is 3.26. The quantitative estimate of drug-likeness (QED) is 0.621. The maximum atomic E-state index is 11.0. The average molecular weight is 320 g/mol. The molecule has 1 aromatic carbocycles. The Kier molecular flexibility index (Phi) is 3.90. The first-order valence-electron chi connectivity index (χ1n) is 3.90. The van der Waals surface area contributed by atoms with Gasteiger partial charge in [-0.1, -0.05) is 6.07 Å². The van der Waals surface area contributed by atoms with E-state index < -0.39 is 5.38 Å². The minimum atomic E-state index is -0.654. The van der Waals surface area contributed by atoms with Gasteiger partial charge in [-0.2, -0.15) is 5.26 Å². The van der Waals surface area contributed by atoms with Crippen molar-refractivity contribution in [1.82, 2.24) is 0 Å². The van der Waals surface area contributed by atoms with Gasteiger partial charge in [0, 0.05) is 3.57 Å². The predicted molar refractivity (Wildman–Crippen MR) is 63.1 cm³/mol. The lowest BCUT2D eigenvalue weighted by Gasteiger charge is -2.06. The van der Waals surface area contributed by atoms with E-state index in [-0.39, 0.29) is 5.78 Å². The number of carbonyl (C=O) groups excluding carboxylic acids is 1. The van der Waals surface area contributed by atoms with Crippen LogP contribution in [0.15, 0.2) is 18.2 Å². The number of hydrogen-bond donors (Lipinski definition) is 0. The van der Waals surface area contributed by atoms with E-state index in [1.54, 1.807) is 18.2 Å². The molecule has 0 N–H and O–H groups in total. The van der Waals surface area contributed by atoms with Crippen molar-refractivity contribution in [3.05, 3.63) is 32.9 Å². The highest BCUT2D eigenvalue weighted by molar-refractivity contribution is 14.1. The first-order valence-corrected chi connectivity index (χ1v) is 5.42. The standard InChI is InChI=1S/C10H7ClINO/c1-6(14)10(11)7-2-3-9(12)8(4-7)5-13/h2-4,10H,1H3. The SMILES string of the molecule is CC(=O)C(Cl)c1ccc(I)c(C#N)c1. The van der Waals surface area contributed by atoms with Gasteiger partial charge in [0.25, 0.3) is 0 Å².